The van der Waals surface area contributed by atoms with E-state index < -0.39 is 6.36 Å². The molecule has 2 aromatic rings. The fourth-order valence-corrected chi connectivity index (χ4v) is 3.76. The molecule has 0 radical (unpaired) electrons. The summed E-state index contributed by atoms with van der Waals surface area (Å²) in [5.41, 5.74) is 1.64. The van der Waals surface area contributed by atoms with Crippen LogP contribution in [0.15, 0.2) is 35.5 Å². The number of hydrogen-bond acceptors (Lipinski definition) is 5. The van der Waals surface area contributed by atoms with E-state index in [-0.39, 0.29) is 17.5 Å². The van der Waals surface area contributed by atoms with Crippen LogP contribution in [0.5, 0.6) is 11.5 Å². The molecule has 0 bridgehead atoms. The first-order chi connectivity index (χ1) is 14.1. The Hall–Kier alpha value is -2.29. The van der Waals surface area contributed by atoms with Crippen molar-refractivity contribution in [1.82, 2.24) is 9.97 Å². The standard InChI is InChI=1S/C21H25BrF3N3O2/c1-6-11-28(14(7-2)8-3)20-19(22)27-18(13(4)26-20)16-10-9-15(12-17(16)29-5)30-21(23,24)25/h6,9-10,12,14H,1,7-8,11H2,2-5H3. The van der Waals surface area contributed by atoms with Crippen molar-refractivity contribution in [3.05, 3.63) is 41.2 Å². The lowest BCUT2D eigenvalue weighted by Crippen LogP contribution is -2.36. The molecule has 164 valence electrons. The van der Waals surface area contributed by atoms with Crippen LogP contribution in [-0.2, 0) is 0 Å². The monoisotopic (exact) mass is 487 g/mol. The summed E-state index contributed by atoms with van der Waals surface area (Å²) in [5, 5.41) is 0. The smallest absolute Gasteiger partial charge is 0.496 e. The molecule has 2 rings (SSSR count). The molecular weight excluding hydrogens is 463 g/mol. The first kappa shape index (κ1) is 24.0. The maximum atomic E-state index is 12.5. The number of ether oxygens (including phenoxy) is 2. The molecule has 1 heterocycles. The zero-order valence-electron chi connectivity index (χ0n) is 17.4. The Labute approximate surface area is 183 Å². The van der Waals surface area contributed by atoms with Gasteiger partial charge in [-0.3, -0.25) is 0 Å². The highest BCUT2D eigenvalue weighted by molar-refractivity contribution is 9.10. The maximum Gasteiger partial charge on any atom is 0.573 e. The second-order valence-corrected chi connectivity index (χ2v) is 7.34. The van der Waals surface area contributed by atoms with Crippen LogP contribution < -0.4 is 14.4 Å². The Kier molecular flexibility index (Phi) is 8.11. The van der Waals surface area contributed by atoms with E-state index in [0.29, 0.717) is 33.9 Å². The topological polar surface area (TPSA) is 47.5 Å². The molecule has 0 amide bonds. The predicted molar refractivity (Wildman–Crippen MR) is 115 cm³/mol. The summed E-state index contributed by atoms with van der Waals surface area (Å²) in [5.74, 6) is 0.535. The van der Waals surface area contributed by atoms with Crippen molar-refractivity contribution in [2.75, 3.05) is 18.6 Å². The molecule has 0 saturated heterocycles. The molecule has 0 aliphatic heterocycles. The third-order valence-corrected chi connectivity index (χ3v) is 5.19. The molecular formula is C21H25BrF3N3O2. The number of hydrogen-bond donors (Lipinski definition) is 0. The SMILES string of the molecule is C=CCN(c1nc(C)c(-c2ccc(OC(F)(F)F)cc2OC)nc1Br)C(CC)CC. The molecule has 0 N–H and O–H groups in total. The minimum atomic E-state index is -4.78. The Balaban J connectivity index is 2.52. The van der Waals surface area contributed by atoms with Crippen molar-refractivity contribution >= 4 is 21.7 Å². The zero-order chi connectivity index (χ0) is 22.5. The molecule has 0 unspecified atom stereocenters. The molecule has 1 aromatic carbocycles. The number of rotatable bonds is 9. The van der Waals surface area contributed by atoms with Crippen LogP contribution in [-0.4, -0.2) is 36.0 Å². The molecule has 0 aliphatic carbocycles. The van der Waals surface area contributed by atoms with Gasteiger partial charge in [0.1, 0.15) is 16.1 Å². The first-order valence-corrected chi connectivity index (χ1v) is 10.3. The highest BCUT2D eigenvalue weighted by Crippen LogP contribution is 2.37. The average Bonchev–Trinajstić information content (AvgIpc) is 2.68. The van der Waals surface area contributed by atoms with E-state index >= 15 is 0 Å². The molecule has 1 aromatic heterocycles. The predicted octanol–water partition coefficient (Wildman–Crippen LogP) is 6.30. The number of anilines is 1. The van der Waals surface area contributed by atoms with Gasteiger partial charge >= 0.3 is 6.36 Å². The fraction of sp³-hybridized carbons (Fsp3) is 0.429. The van der Waals surface area contributed by atoms with Crippen LogP contribution in [0.2, 0.25) is 0 Å². The molecule has 0 saturated carbocycles. The lowest BCUT2D eigenvalue weighted by molar-refractivity contribution is -0.274. The van der Waals surface area contributed by atoms with Gasteiger partial charge in [-0.05, 0) is 47.8 Å². The van der Waals surface area contributed by atoms with E-state index in [9.17, 15) is 13.2 Å². The van der Waals surface area contributed by atoms with Gasteiger partial charge in [0.2, 0.25) is 0 Å². The van der Waals surface area contributed by atoms with E-state index in [2.05, 4.69) is 51.0 Å². The quantitative estimate of drug-likeness (QED) is 0.388. The minimum Gasteiger partial charge on any atom is -0.496 e. The number of benzene rings is 1. The van der Waals surface area contributed by atoms with Gasteiger partial charge in [0, 0.05) is 24.2 Å². The summed E-state index contributed by atoms with van der Waals surface area (Å²) in [4.78, 5) is 11.5. The fourth-order valence-electron chi connectivity index (χ4n) is 3.27. The summed E-state index contributed by atoms with van der Waals surface area (Å²) in [6.45, 7) is 10.5. The van der Waals surface area contributed by atoms with Crippen LogP contribution in [0, 0.1) is 6.92 Å². The van der Waals surface area contributed by atoms with Crippen molar-refractivity contribution in [2.24, 2.45) is 0 Å². The lowest BCUT2D eigenvalue weighted by Gasteiger charge is -2.31. The van der Waals surface area contributed by atoms with Crippen LogP contribution in [0.3, 0.4) is 0 Å². The first-order valence-electron chi connectivity index (χ1n) is 9.50. The van der Waals surface area contributed by atoms with Crippen LogP contribution in [0.4, 0.5) is 19.0 Å². The van der Waals surface area contributed by atoms with Crippen molar-refractivity contribution < 1.29 is 22.6 Å². The molecule has 0 spiro atoms. The number of halogens is 4. The largest absolute Gasteiger partial charge is 0.573 e. The molecule has 9 heteroatoms. The summed E-state index contributed by atoms with van der Waals surface area (Å²) in [7, 11) is 1.38. The summed E-state index contributed by atoms with van der Waals surface area (Å²) in [6, 6.07) is 4.15. The number of aromatic nitrogens is 2. The van der Waals surface area contributed by atoms with Crippen molar-refractivity contribution in [3.63, 3.8) is 0 Å². The van der Waals surface area contributed by atoms with E-state index in [1.165, 1.54) is 25.3 Å². The average molecular weight is 488 g/mol. The third kappa shape index (κ3) is 5.65. The van der Waals surface area contributed by atoms with Crippen molar-refractivity contribution in [1.29, 1.82) is 0 Å². The third-order valence-electron chi connectivity index (χ3n) is 4.65. The number of nitrogens with zero attached hydrogens (tertiary/aromatic N) is 3. The van der Waals surface area contributed by atoms with Gasteiger partial charge in [0.25, 0.3) is 0 Å². The van der Waals surface area contributed by atoms with Gasteiger partial charge in [0.05, 0.1) is 18.5 Å². The summed E-state index contributed by atoms with van der Waals surface area (Å²) < 4.78 is 47.4. The van der Waals surface area contributed by atoms with Gasteiger partial charge in [-0.15, -0.1) is 19.8 Å². The molecule has 5 nitrogen and oxygen atoms in total. The summed E-state index contributed by atoms with van der Waals surface area (Å²) >= 11 is 3.51. The van der Waals surface area contributed by atoms with E-state index in [1.54, 1.807) is 6.92 Å². The number of alkyl halides is 3. The Morgan fingerprint density at radius 3 is 2.43 bits per heavy atom. The van der Waals surface area contributed by atoms with Crippen molar-refractivity contribution in [3.8, 4) is 22.8 Å². The van der Waals surface area contributed by atoms with Gasteiger partial charge in [-0.25, -0.2) is 9.97 Å². The van der Waals surface area contributed by atoms with Crippen LogP contribution in [0.1, 0.15) is 32.4 Å². The zero-order valence-corrected chi connectivity index (χ0v) is 19.0. The lowest BCUT2D eigenvalue weighted by atomic mass is 10.1. The van der Waals surface area contributed by atoms with Gasteiger partial charge in [-0.1, -0.05) is 19.9 Å². The molecule has 0 fully saturated rings. The number of aryl methyl sites for hydroxylation is 1. The summed E-state index contributed by atoms with van der Waals surface area (Å²) in [6.07, 6.45) is -1.09. The molecule has 0 aliphatic rings. The van der Waals surface area contributed by atoms with E-state index in [1.807, 2.05) is 6.08 Å². The molecule has 0 atom stereocenters. The second kappa shape index (κ2) is 10.1. The highest BCUT2D eigenvalue weighted by atomic mass is 79.9. The number of methoxy groups -OCH3 is 1. The minimum absolute atomic E-state index is 0.205. The van der Waals surface area contributed by atoms with Crippen molar-refractivity contribution in [2.45, 2.75) is 46.0 Å². The Bertz CT molecular complexity index is 887. The Morgan fingerprint density at radius 1 is 1.23 bits per heavy atom. The normalized spacial score (nSPS) is 11.5. The highest BCUT2D eigenvalue weighted by Gasteiger charge is 2.31. The maximum absolute atomic E-state index is 12.5. The molecule has 30 heavy (non-hydrogen) atoms. The van der Waals surface area contributed by atoms with Gasteiger partial charge < -0.3 is 14.4 Å². The van der Waals surface area contributed by atoms with Crippen LogP contribution in [0.25, 0.3) is 11.3 Å². The van der Waals surface area contributed by atoms with Crippen LogP contribution >= 0.6 is 15.9 Å². The Morgan fingerprint density at radius 2 is 1.90 bits per heavy atom. The second-order valence-electron chi connectivity index (χ2n) is 6.59. The van der Waals surface area contributed by atoms with Gasteiger partial charge in [-0.2, -0.15) is 0 Å². The van der Waals surface area contributed by atoms with E-state index in [0.717, 1.165) is 12.8 Å². The van der Waals surface area contributed by atoms with E-state index in [4.69, 9.17) is 9.72 Å². The van der Waals surface area contributed by atoms with Gasteiger partial charge in [0.15, 0.2) is 5.82 Å².